The van der Waals surface area contributed by atoms with Crippen LogP contribution in [0.3, 0.4) is 0 Å². The molecule has 3 aromatic rings. The second-order valence-electron chi connectivity index (χ2n) is 16.2. The van der Waals surface area contributed by atoms with Gasteiger partial charge >= 0.3 is 12.1 Å². The third-order valence-electron chi connectivity index (χ3n) is 8.98. The van der Waals surface area contributed by atoms with Crippen LogP contribution in [0.2, 0.25) is 25.7 Å². The van der Waals surface area contributed by atoms with Gasteiger partial charge in [-0.1, -0.05) is 86.7 Å². The zero-order valence-corrected chi connectivity index (χ0v) is 37.4. The Morgan fingerprint density at radius 3 is 2.34 bits per heavy atom. The average molecular weight is 909 g/mol. The van der Waals surface area contributed by atoms with Gasteiger partial charge in [-0.3, -0.25) is 14.4 Å². The van der Waals surface area contributed by atoms with Gasteiger partial charge in [0.25, 0.3) is 0 Å². The van der Waals surface area contributed by atoms with Crippen LogP contribution in [0.4, 0.5) is 13.6 Å². The van der Waals surface area contributed by atoms with Crippen molar-refractivity contribution in [3.8, 4) is 11.1 Å². The van der Waals surface area contributed by atoms with E-state index in [0.29, 0.717) is 30.8 Å². The number of ether oxygens (including phenoxy) is 1. The van der Waals surface area contributed by atoms with E-state index in [-0.39, 0.29) is 54.4 Å². The number of hydrogen-bond acceptors (Lipinski definition) is 7. The molecule has 2 atom stereocenters. The number of aromatic nitrogens is 1. The third kappa shape index (κ3) is 16.2. The van der Waals surface area contributed by atoms with E-state index in [9.17, 15) is 33.5 Å². The summed E-state index contributed by atoms with van der Waals surface area (Å²) >= 11 is 4.20. The predicted molar refractivity (Wildman–Crippen MR) is 230 cm³/mol. The Kier molecular flexibility index (Phi) is 18.9. The summed E-state index contributed by atoms with van der Waals surface area (Å²) in [6.07, 6.45) is 1.53. The van der Waals surface area contributed by atoms with Gasteiger partial charge in [-0.25, -0.2) is 18.4 Å². The van der Waals surface area contributed by atoms with Crippen LogP contribution in [-0.2, 0) is 30.5 Å². The number of carboxylic acids is 1. The second kappa shape index (κ2) is 22.8. The molecule has 17 heteroatoms. The first kappa shape index (κ1) is 48.1. The van der Waals surface area contributed by atoms with Gasteiger partial charge in [0, 0.05) is 69.4 Å². The molecule has 12 nitrogen and oxygen atoms in total. The number of carbonyl (C=O) groups excluding carboxylic acids is 4. The summed E-state index contributed by atoms with van der Waals surface area (Å²) in [7, 11) is -1.40. The molecule has 0 fully saturated rings. The molecule has 4 amide bonds. The maximum Gasteiger partial charge on any atom is 0.407 e. The summed E-state index contributed by atoms with van der Waals surface area (Å²) in [5, 5.41) is 17.1. The molecule has 4 N–H and O–H groups in total. The standard InChI is InChI=1S/C41H56BrF2N5O7SSi/c1-41(2,3)38(34-21-29(31-22-30(43)13-14-32(31)44)26-48(34)25-28-11-8-7-9-12-28)49(17-10-16-45-40(55)56-18-20-58(4,5)6)37(52)27-57-19-15-35(50)47-33(39(53)54)24-46-36(51)23-42/h7-9,11-14,21-22,26,33,38H,10,15-20,23-25,27H2,1-6H3,(H,45,55)(H,46,51)(H,47,50)(H,53,54)/t33-,38+/m1/s1. The summed E-state index contributed by atoms with van der Waals surface area (Å²) in [5.41, 5.74) is 1.58. The van der Waals surface area contributed by atoms with Crippen LogP contribution in [-0.4, -0.2) is 102 Å². The van der Waals surface area contributed by atoms with Crippen LogP contribution in [0.25, 0.3) is 11.1 Å². The molecule has 0 saturated heterocycles. The number of carboxylic acid groups (broad SMARTS) is 1. The highest BCUT2D eigenvalue weighted by Crippen LogP contribution is 2.41. The molecule has 0 unspecified atom stereocenters. The van der Waals surface area contributed by atoms with Crippen LogP contribution < -0.4 is 16.0 Å². The van der Waals surface area contributed by atoms with Crippen LogP contribution in [0.15, 0.2) is 60.8 Å². The molecule has 0 radical (unpaired) electrons. The SMILES string of the molecule is CC(C)(C)[C@H](c1cc(-c2cc(F)ccc2F)cn1Cc1ccccc1)N(CCCNC(=O)OCC[Si](C)(C)C)C(=O)CSCCC(=O)N[C@H](CNC(=O)CBr)C(=O)O. The second-order valence-corrected chi connectivity index (χ2v) is 23.5. The molecule has 0 spiro atoms. The molecular formula is C41H56BrF2N5O7SSi. The molecule has 1 aromatic heterocycles. The maximum absolute atomic E-state index is 15.2. The first-order valence-corrected chi connectivity index (χ1v) is 25.1. The highest BCUT2D eigenvalue weighted by Gasteiger charge is 2.37. The normalized spacial score (nSPS) is 12.6. The lowest BCUT2D eigenvalue weighted by molar-refractivity contribution is -0.141. The number of halogens is 3. The lowest BCUT2D eigenvalue weighted by Gasteiger charge is -2.41. The Balaban J connectivity index is 1.90. The van der Waals surface area contributed by atoms with Crippen molar-refractivity contribution in [2.24, 2.45) is 5.41 Å². The van der Waals surface area contributed by atoms with Gasteiger partial charge in [0.2, 0.25) is 17.7 Å². The van der Waals surface area contributed by atoms with E-state index >= 15 is 4.39 Å². The average Bonchev–Trinajstić information content (AvgIpc) is 3.54. The van der Waals surface area contributed by atoms with E-state index in [0.717, 1.165) is 29.8 Å². The molecule has 2 aromatic carbocycles. The fourth-order valence-electron chi connectivity index (χ4n) is 6.09. The minimum atomic E-state index is -1.40. The Labute approximate surface area is 353 Å². The van der Waals surface area contributed by atoms with Gasteiger partial charge in [-0.2, -0.15) is 11.8 Å². The predicted octanol–water partition coefficient (Wildman–Crippen LogP) is 7.06. The van der Waals surface area contributed by atoms with Crippen molar-refractivity contribution in [2.75, 3.05) is 43.1 Å². The topological polar surface area (TPSA) is 159 Å². The van der Waals surface area contributed by atoms with Crippen LogP contribution >= 0.6 is 27.7 Å². The number of carbonyl (C=O) groups is 5. The number of hydrogen-bond donors (Lipinski definition) is 4. The van der Waals surface area contributed by atoms with E-state index < -0.39 is 61.1 Å². The first-order valence-electron chi connectivity index (χ1n) is 19.1. The number of rotatable bonds is 22. The smallest absolute Gasteiger partial charge is 0.407 e. The third-order valence-corrected chi connectivity index (χ3v) is 12.1. The number of alkyl halides is 1. The van der Waals surface area contributed by atoms with E-state index in [4.69, 9.17) is 4.74 Å². The van der Waals surface area contributed by atoms with E-state index in [1.165, 1.54) is 11.8 Å². The first-order chi connectivity index (χ1) is 27.3. The fourth-order valence-corrected chi connectivity index (χ4v) is 7.81. The minimum Gasteiger partial charge on any atom is -0.480 e. The number of aliphatic carboxylic acids is 1. The zero-order chi connectivity index (χ0) is 43.0. The Bertz CT molecular complexity index is 1860. The van der Waals surface area contributed by atoms with Gasteiger partial charge in [0.15, 0.2) is 0 Å². The van der Waals surface area contributed by atoms with Crippen molar-refractivity contribution in [1.82, 2.24) is 25.4 Å². The van der Waals surface area contributed by atoms with E-state index in [2.05, 4.69) is 51.5 Å². The van der Waals surface area contributed by atoms with Crippen molar-refractivity contribution < 1.29 is 42.6 Å². The molecule has 0 saturated carbocycles. The molecule has 0 bridgehead atoms. The molecule has 58 heavy (non-hydrogen) atoms. The molecule has 0 aliphatic heterocycles. The largest absolute Gasteiger partial charge is 0.480 e. The van der Waals surface area contributed by atoms with Crippen molar-refractivity contribution in [3.63, 3.8) is 0 Å². The summed E-state index contributed by atoms with van der Waals surface area (Å²) < 4.78 is 37.0. The quantitative estimate of drug-likeness (QED) is 0.0475. The fraction of sp³-hybridized carbons (Fsp3) is 0.488. The van der Waals surface area contributed by atoms with E-state index in [1.54, 1.807) is 17.2 Å². The Morgan fingerprint density at radius 1 is 1.00 bits per heavy atom. The van der Waals surface area contributed by atoms with Gasteiger partial charge in [0.1, 0.15) is 17.7 Å². The number of nitrogens with one attached hydrogen (secondary N) is 3. The lowest BCUT2D eigenvalue weighted by atomic mass is 9.83. The number of nitrogens with zero attached hydrogens (tertiary/aromatic N) is 2. The summed E-state index contributed by atoms with van der Waals surface area (Å²) in [6, 6.07) is 13.6. The lowest BCUT2D eigenvalue weighted by Crippen LogP contribution is -2.48. The highest BCUT2D eigenvalue weighted by molar-refractivity contribution is 9.09. The molecule has 3 rings (SSSR count). The van der Waals surface area contributed by atoms with Crippen molar-refractivity contribution in [1.29, 1.82) is 0 Å². The van der Waals surface area contributed by atoms with E-state index in [1.807, 2.05) is 55.7 Å². The minimum absolute atomic E-state index is 0.0154. The Hall–Kier alpha value is -4.22. The van der Waals surface area contributed by atoms with Crippen LogP contribution in [0.5, 0.6) is 0 Å². The summed E-state index contributed by atoms with van der Waals surface area (Å²) in [5.74, 6) is -3.54. The Morgan fingerprint density at radius 2 is 1.71 bits per heavy atom. The van der Waals surface area contributed by atoms with Gasteiger partial charge < -0.3 is 35.3 Å². The van der Waals surface area contributed by atoms with Crippen molar-refractivity contribution in [2.45, 2.75) is 77.9 Å². The van der Waals surface area contributed by atoms with Crippen molar-refractivity contribution in [3.05, 3.63) is 83.7 Å². The molecule has 318 valence electrons. The van der Waals surface area contributed by atoms with Crippen LogP contribution in [0.1, 0.15) is 50.9 Å². The number of benzene rings is 2. The van der Waals surface area contributed by atoms with Crippen molar-refractivity contribution >= 4 is 65.5 Å². The van der Waals surface area contributed by atoms with Gasteiger partial charge in [-0.15, -0.1) is 0 Å². The highest BCUT2D eigenvalue weighted by atomic mass is 79.9. The number of alkyl carbamates (subject to hydrolysis) is 1. The monoisotopic (exact) mass is 907 g/mol. The summed E-state index contributed by atoms with van der Waals surface area (Å²) in [6.45, 7) is 13.4. The maximum atomic E-state index is 15.2. The molecule has 0 aliphatic carbocycles. The summed E-state index contributed by atoms with van der Waals surface area (Å²) in [4.78, 5) is 64.5. The molecule has 0 aliphatic rings. The van der Waals surface area contributed by atoms with Crippen LogP contribution in [0, 0.1) is 17.0 Å². The molecular weight excluding hydrogens is 853 g/mol. The number of thioether (sulfide) groups is 1. The number of amides is 4. The molecule has 1 heterocycles. The van der Waals surface area contributed by atoms with Gasteiger partial charge in [-0.05, 0) is 47.7 Å². The van der Waals surface area contributed by atoms with Gasteiger partial charge in [0.05, 0.1) is 23.7 Å². The zero-order valence-electron chi connectivity index (χ0n) is 34.0.